The maximum Gasteiger partial charge on any atom is 0.270 e. The van der Waals surface area contributed by atoms with Crippen LogP contribution in [0.2, 0.25) is 5.02 Å². The Balaban J connectivity index is 1.79. The summed E-state index contributed by atoms with van der Waals surface area (Å²) < 4.78 is 0. The van der Waals surface area contributed by atoms with Crippen molar-refractivity contribution in [2.45, 2.75) is 25.8 Å². The molecule has 108 valence electrons. The zero-order valence-corrected chi connectivity index (χ0v) is 12.5. The first-order valence-corrected chi connectivity index (χ1v) is 7.36. The van der Waals surface area contributed by atoms with Gasteiger partial charge in [-0.2, -0.15) is 0 Å². The number of aryl methyl sites for hydroxylation is 1. The van der Waals surface area contributed by atoms with Gasteiger partial charge in [-0.25, -0.2) is 4.98 Å². The van der Waals surface area contributed by atoms with Crippen LogP contribution in [0.1, 0.15) is 40.6 Å². The van der Waals surface area contributed by atoms with Crippen LogP contribution >= 0.6 is 11.6 Å². The zero-order chi connectivity index (χ0) is 14.8. The minimum absolute atomic E-state index is 0.0464. The molecule has 1 aliphatic rings. The number of nitrogens with one attached hydrogen (secondary N) is 1. The highest BCUT2D eigenvalue weighted by atomic mass is 35.5. The lowest BCUT2D eigenvalue weighted by atomic mass is 10.1. The van der Waals surface area contributed by atoms with E-state index in [0.29, 0.717) is 16.6 Å². The van der Waals surface area contributed by atoms with E-state index >= 15 is 0 Å². The molecular weight excluding hydrogens is 286 g/mol. The number of pyridine rings is 2. The topological polar surface area (TPSA) is 54.9 Å². The SMILES string of the molecule is Cc1ccnc(C(NC(=O)c2ccc(Cl)cn2)C2CC2)c1. The first-order valence-electron chi connectivity index (χ1n) is 6.98. The Labute approximate surface area is 128 Å². The van der Waals surface area contributed by atoms with Gasteiger partial charge < -0.3 is 5.32 Å². The fourth-order valence-corrected chi connectivity index (χ4v) is 2.43. The summed E-state index contributed by atoms with van der Waals surface area (Å²) in [6.07, 6.45) is 5.50. The third-order valence-corrected chi connectivity index (χ3v) is 3.82. The second-order valence-corrected chi connectivity index (χ2v) is 5.84. The number of hydrogen-bond acceptors (Lipinski definition) is 3. The van der Waals surface area contributed by atoms with E-state index in [2.05, 4.69) is 15.3 Å². The summed E-state index contributed by atoms with van der Waals surface area (Å²) in [5.41, 5.74) is 2.43. The molecule has 1 unspecified atom stereocenters. The molecule has 21 heavy (non-hydrogen) atoms. The summed E-state index contributed by atoms with van der Waals surface area (Å²) in [6, 6.07) is 7.23. The summed E-state index contributed by atoms with van der Waals surface area (Å²) >= 11 is 5.79. The van der Waals surface area contributed by atoms with Crippen molar-refractivity contribution in [2.75, 3.05) is 0 Å². The third-order valence-electron chi connectivity index (χ3n) is 3.60. The largest absolute Gasteiger partial charge is 0.342 e. The molecular formula is C16H16ClN3O. The number of carbonyl (C=O) groups is 1. The molecule has 0 radical (unpaired) electrons. The number of nitrogens with zero attached hydrogens (tertiary/aromatic N) is 2. The summed E-state index contributed by atoms with van der Waals surface area (Å²) in [5, 5.41) is 3.57. The van der Waals surface area contributed by atoms with Gasteiger partial charge in [0.2, 0.25) is 0 Å². The summed E-state index contributed by atoms with van der Waals surface area (Å²) in [4.78, 5) is 20.8. The van der Waals surface area contributed by atoms with Gasteiger partial charge in [-0.1, -0.05) is 11.6 Å². The van der Waals surface area contributed by atoms with E-state index in [1.54, 1.807) is 18.3 Å². The minimum Gasteiger partial charge on any atom is -0.342 e. The van der Waals surface area contributed by atoms with Gasteiger partial charge in [0, 0.05) is 12.4 Å². The van der Waals surface area contributed by atoms with Crippen LogP contribution in [0.3, 0.4) is 0 Å². The van der Waals surface area contributed by atoms with E-state index in [1.165, 1.54) is 6.20 Å². The molecule has 0 aromatic carbocycles. The Hall–Kier alpha value is -1.94. The molecule has 0 bridgehead atoms. The summed E-state index contributed by atoms with van der Waals surface area (Å²) in [5.74, 6) is 0.280. The highest BCUT2D eigenvalue weighted by Gasteiger charge is 2.34. The molecule has 1 aliphatic carbocycles. The number of amides is 1. The van der Waals surface area contributed by atoms with Gasteiger partial charge >= 0.3 is 0 Å². The Bertz CT molecular complexity index is 653. The van der Waals surface area contributed by atoms with Crippen molar-refractivity contribution in [1.29, 1.82) is 0 Å². The van der Waals surface area contributed by atoms with Crippen molar-refractivity contribution in [3.8, 4) is 0 Å². The molecule has 2 heterocycles. The molecule has 4 nitrogen and oxygen atoms in total. The molecule has 2 aromatic rings. The second kappa shape index (κ2) is 5.82. The van der Waals surface area contributed by atoms with E-state index in [-0.39, 0.29) is 11.9 Å². The highest BCUT2D eigenvalue weighted by molar-refractivity contribution is 6.30. The van der Waals surface area contributed by atoms with Gasteiger partial charge in [-0.15, -0.1) is 0 Å². The van der Waals surface area contributed by atoms with Crippen LogP contribution in [0.25, 0.3) is 0 Å². The molecule has 1 amide bonds. The van der Waals surface area contributed by atoms with Crippen molar-refractivity contribution < 1.29 is 4.79 Å². The van der Waals surface area contributed by atoms with E-state index in [4.69, 9.17) is 11.6 Å². The molecule has 5 heteroatoms. The molecule has 3 rings (SSSR count). The van der Waals surface area contributed by atoms with Crippen molar-refractivity contribution in [2.24, 2.45) is 5.92 Å². The van der Waals surface area contributed by atoms with Crippen LogP contribution in [-0.2, 0) is 0 Å². The Morgan fingerprint density at radius 3 is 2.76 bits per heavy atom. The average Bonchev–Trinajstić information content (AvgIpc) is 3.30. The van der Waals surface area contributed by atoms with Crippen LogP contribution in [0.15, 0.2) is 36.7 Å². The summed E-state index contributed by atoms with van der Waals surface area (Å²) in [6.45, 7) is 2.03. The minimum atomic E-state index is -0.188. The van der Waals surface area contributed by atoms with Crippen LogP contribution in [0.5, 0.6) is 0 Å². The van der Waals surface area contributed by atoms with Gasteiger partial charge in [0.25, 0.3) is 5.91 Å². The van der Waals surface area contributed by atoms with Crippen molar-refractivity contribution in [3.63, 3.8) is 0 Å². The van der Waals surface area contributed by atoms with Gasteiger partial charge in [-0.3, -0.25) is 9.78 Å². The second-order valence-electron chi connectivity index (χ2n) is 5.41. The maximum atomic E-state index is 12.3. The Morgan fingerprint density at radius 2 is 2.14 bits per heavy atom. The molecule has 0 saturated heterocycles. The predicted molar refractivity (Wildman–Crippen MR) is 81.2 cm³/mol. The van der Waals surface area contributed by atoms with Crippen molar-refractivity contribution in [1.82, 2.24) is 15.3 Å². The highest BCUT2D eigenvalue weighted by Crippen LogP contribution is 2.40. The number of hydrogen-bond donors (Lipinski definition) is 1. The number of rotatable bonds is 4. The predicted octanol–water partition coefficient (Wildman–Crippen LogP) is 3.32. The standard InChI is InChI=1S/C16H16ClN3O/c1-10-6-7-18-14(8-10)15(11-2-3-11)20-16(21)13-5-4-12(17)9-19-13/h4-9,11,15H,2-3H2,1H3,(H,20,21). The quantitative estimate of drug-likeness (QED) is 0.942. The van der Waals surface area contributed by atoms with Gasteiger partial charge in [0.05, 0.1) is 16.8 Å². The first kappa shape index (κ1) is 14.0. The van der Waals surface area contributed by atoms with Crippen molar-refractivity contribution >= 4 is 17.5 Å². The van der Waals surface area contributed by atoms with Crippen molar-refractivity contribution in [3.05, 3.63) is 58.6 Å². The number of aromatic nitrogens is 2. The van der Waals surface area contributed by atoms with Gasteiger partial charge in [0.15, 0.2) is 0 Å². The molecule has 0 aliphatic heterocycles. The fourth-order valence-electron chi connectivity index (χ4n) is 2.32. The third kappa shape index (κ3) is 3.39. The first-order chi connectivity index (χ1) is 10.1. The van der Waals surface area contributed by atoms with Crippen LogP contribution in [0, 0.1) is 12.8 Å². The molecule has 0 spiro atoms. The normalized spacial score (nSPS) is 15.5. The van der Waals surface area contributed by atoms with Crippen LogP contribution in [-0.4, -0.2) is 15.9 Å². The molecule has 1 fully saturated rings. The van der Waals surface area contributed by atoms with Crippen LogP contribution in [0.4, 0.5) is 0 Å². The molecule has 2 aromatic heterocycles. The Morgan fingerprint density at radius 1 is 1.33 bits per heavy atom. The lowest BCUT2D eigenvalue weighted by molar-refractivity contribution is 0.0925. The molecule has 1 N–H and O–H groups in total. The smallest absolute Gasteiger partial charge is 0.270 e. The maximum absolute atomic E-state index is 12.3. The Kier molecular flexibility index (Phi) is 3.88. The van der Waals surface area contributed by atoms with Gasteiger partial charge in [0.1, 0.15) is 5.69 Å². The lowest BCUT2D eigenvalue weighted by Gasteiger charge is -2.18. The zero-order valence-electron chi connectivity index (χ0n) is 11.7. The van der Waals surface area contributed by atoms with Gasteiger partial charge in [-0.05, 0) is 55.5 Å². The lowest BCUT2D eigenvalue weighted by Crippen LogP contribution is -2.31. The number of carbonyl (C=O) groups excluding carboxylic acids is 1. The summed E-state index contributed by atoms with van der Waals surface area (Å²) in [7, 11) is 0. The molecule has 1 atom stereocenters. The average molecular weight is 302 g/mol. The van der Waals surface area contributed by atoms with E-state index in [0.717, 1.165) is 24.1 Å². The van der Waals surface area contributed by atoms with E-state index < -0.39 is 0 Å². The number of halogens is 1. The molecule has 1 saturated carbocycles. The van der Waals surface area contributed by atoms with Crippen LogP contribution < -0.4 is 5.32 Å². The van der Waals surface area contributed by atoms with E-state index in [9.17, 15) is 4.79 Å². The monoisotopic (exact) mass is 301 g/mol. The van der Waals surface area contributed by atoms with E-state index in [1.807, 2.05) is 19.1 Å². The fraction of sp³-hybridized carbons (Fsp3) is 0.312.